The molecule has 0 aliphatic rings. The van der Waals surface area contributed by atoms with E-state index in [2.05, 4.69) is 40.7 Å². The molecular formula is C11H15N5O. The Bertz CT molecular complexity index is 604. The van der Waals surface area contributed by atoms with Crippen LogP contribution in [0.1, 0.15) is 32.4 Å². The number of rotatable bonds is 2. The second-order valence-corrected chi connectivity index (χ2v) is 4.45. The molecule has 6 heteroatoms. The van der Waals surface area contributed by atoms with E-state index < -0.39 is 0 Å². The van der Waals surface area contributed by atoms with Crippen molar-refractivity contribution in [2.24, 2.45) is 5.92 Å². The number of aromatic nitrogens is 4. The molecule has 3 N–H and O–H groups in total. The zero-order valence-electron chi connectivity index (χ0n) is 10.1. The number of anilines is 1. The SMILES string of the molecule is CC(C)C(C)c1cnc2nc(N)[nH]c(=O)c2n1. The van der Waals surface area contributed by atoms with E-state index in [9.17, 15) is 4.79 Å². The van der Waals surface area contributed by atoms with Crippen LogP contribution < -0.4 is 11.3 Å². The van der Waals surface area contributed by atoms with Crippen LogP contribution in [0.4, 0.5) is 5.95 Å². The average Bonchev–Trinajstić information content (AvgIpc) is 2.27. The summed E-state index contributed by atoms with van der Waals surface area (Å²) in [5, 5.41) is 0. The van der Waals surface area contributed by atoms with Gasteiger partial charge in [0.1, 0.15) is 0 Å². The van der Waals surface area contributed by atoms with Crippen molar-refractivity contribution in [3.63, 3.8) is 0 Å². The molecule has 0 bridgehead atoms. The van der Waals surface area contributed by atoms with E-state index in [0.717, 1.165) is 5.69 Å². The summed E-state index contributed by atoms with van der Waals surface area (Å²) in [5.74, 6) is 0.730. The van der Waals surface area contributed by atoms with Crippen LogP contribution in [-0.2, 0) is 0 Å². The lowest BCUT2D eigenvalue weighted by molar-refractivity contribution is 0.523. The Morgan fingerprint density at radius 3 is 2.65 bits per heavy atom. The van der Waals surface area contributed by atoms with Gasteiger partial charge in [-0.25, -0.2) is 9.97 Å². The standard InChI is InChI=1S/C11H15N5O/c1-5(2)6(3)7-4-13-9-8(14-7)10(17)16-11(12)15-9/h4-6H,1-3H3,(H3,12,13,15,16,17). The van der Waals surface area contributed by atoms with Crippen molar-refractivity contribution in [1.82, 2.24) is 19.9 Å². The maximum absolute atomic E-state index is 11.7. The highest BCUT2D eigenvalue weighted by atomic mass is 16.1. The Labute approximate surface area is 98.3 Å². The van der Waals surface area contributed by atoms with Crippen LogP contribution in [0.25, 0.3) is 11.2 Å². The quantitative estimate of drug-likeness (QED) is 0.808. The minimum atomic E-state index is -0.349. The van der Waals surface area contributed by atoms with Crippen molar-refractivity contribution in [1.29, 1.82) is 0 Å². The molecule has 0 aromatic carbocycles. The van der Waals surface area contributed by atoms with Crippen molar-refractivity contribution >= 4 is 17.1 Å². The van der Waals surface area contributed by atoms with Gasteiger partial charge in [-0.15, -0.1) is 0 Å². The molecule has 0 aliphatic heterocycles. The van der Waals surface area contributed by atoms with E-state index >= 15 is 0 Å². The number of H-pyrrole nitrogens is 1. The summed E-state index contributed by atoms with van der Waals surface area (Å²) in [4.78, 5) is 26.5. The van der Waals surface area contributed by atoms with Gasteiger partial charge in [0.05, 0.1) is 11.9 Å². The largest absolute Gasteiger partial charge is 0.369 e. The highest BCUT2D eigenvalue weighted by molar-refractivity contribution is 5.69. The van der Waals surface area contributed by atoms with Crippen molar-refractivity contribution < 1.29 is 0 Å². The number of nitrogen functional groups attached to an aromatic ring is 1. The first-order valence-electron chi connectivity index (χ1n) is 5.51. The number of hydrogen-bond acceptors (Lipinski definition) is 5. The van der Waals surface area contributed by atoms with Crippen LogP contribution in [0.3, 0.4) is 0 Å². The second-order valence-electron chi connectivity index (χ2n) is 4.45. The number of nitrogens with two attached hydrogens (primary N) is 1. The highest BCUT2D eigenvalue weighted by Gasteiger charge is 2.14. The highest BCUT2D eigenvalue weighted by Crippen LogP contribution is 2.21. The first-order chi connectivity index (χ1) is 7.99. The van der Waals surface area contributed by atoms with Gasteiger partial charge >= 0.3 is 0 Å². The molecule has 0 fully saturated rings. The minimum Gasteiger partial charge on any atom is -0.369 e. The number of aromatic amines is 1. The van der Waals surface area contributed by atoms with Crippen molar-refractivity contribution in [3.05, 3.63) is 22.2 Å². The van der Waals surface area contributed by atoms with E-state index in [-0.39, 0.29) is 28.6 Å². The van der Waals surface area contributed by atoms with Crippen molar-refractivity contribution in [2.45, 2.75) is 26.7 Å². The third-order valence-corrected chi connectivity index (χ3v) is 2.92. The fourth-order valence-electron chi connectivity index (χ4n) is 1.51. The summed E-state index contributed by atoms with van der Waals surface area (Å²) in [7, 11) is 0. The van der Waals surface area contributed by atoms with Crippen molar-refractivity contribution in [2.75, 3.05) is 5.73 Å². The van der Waals surface area contributed by atoms with Gasteiger partial charge in [0.15, 0.2) is 11.2 Å². The molecule has 90 valence electrons. The Morgan fingerprint density at radius 1 is 1.29 bits per heavy atom. The number of hydrogen-bond donors (Lipinski definition) is 2. The lowest BCUT2D eigenvalue weighted by atomic mass is 9.95. The van der Waals surface area contributed by atoms with E-state index in [4.69, 9.17) is 5.73 Å². The summed E-state index contributed by atoms with van der Waals surface area (Å²) in [5.41, 5.74) is 6.41. The molecule has 0 saturated carbocycles. The van der Waals surface area contributed by atoms with Crippen LogP contribution in [0.5, 0.6) is 0 Å². The third-order valence-electron chi connectivity index (χ3n) is 2.92. The molecule has 2 rings (SSSR count). The smallest absolute Gasteiger partial charge is 0.280 e. The van der Waals surface area contributed by atoms with Gasteiger partial charge in [0.25, 0.3) is 5.56 Å². The van der Waals surface area contributed by atoms with Gasteiger partial charge < -0.3 is 5.73 Å². The van der Waals surface area contributed by atoms with E-state index in [1.165, 1.54) is 0 Å². The van der Waals surface area contributed by atoms with Crippen LogP contribution in [0.15, 0.2) is 11.0 Å². The van der Waals surface area contributed by atoms with Crippen LogP contribution >= 0.6 is 0 Å². The van der Waals surface area contributed by atoms with E-state index in [1.807, 2.05) is 0 Å². The summed E-state index contributed by atoms with van der Waals surface area (Å²) >= 11 is 0. The molecule has 0 saturated heterocycles. The lowest BCUT2D eigenvalue weighted by Crippen LogP contribution is -2.15. The number of nitrogens with one attached hydrogen (secondary N) is 1. The molecule has 0 amide bonds. The molecular weight excluding hydrogens is 218 g/mol. The Morgan fingerprint density at radius 2 is 2.00 bits per heavy atom. The van der Waals surface area contributed by atoms with Crippen LogP contribution in [0, 0.1) is 5.92 Å². The van der Waals surface area contributed by atoms with E-state index in [0.29, 0.717) is 5.92 Å². The monoisotopic (exact) mass is 233 g/mol. The molecule has 1 unspecified atom stereocenters. The summed E-state index contributed by atoms with van der Waals surface area (Å²) < 4.78 is 0. The molecule has 2 aromatic rings. The Balaban J connectivity index is 2.62. The first-order valence-corrected chi connectivity index (χ1v) is 5.51. The first kappa shape index (κ1) is 11.5. The lowest BCUT2D eigenvalue weighted by Gasteiger charge is -2.14. The van der Waals surface area contributed by atoms with Gasteiger partial charge in [-0.3, -0.25) is 9.78 Å². The maximum atomic E-state index is 11.7. The van der Waals surface area contributed by atoms with Gasteiger partial charge in [-0.1, -0.05) is 20.8 Å². The average molecular weight is 233 g/mol. The number of nitrogens with zero attached hydrogens (tertiary/aromatic N) is 3. The predicted molar refractivity (Wildman–Crippen MR) is 65.6 cm³/mol. The minimum absolute atomic E-state index is 0.0569. The fraction of sp³-hybridized carbons (Fsp3) is 0.455. The zero-order valence-corrected chi connectivity index (χ0v) is 10.1. The fourth-order valence-corrected chi connectivity index (χ4v) is 1.51. The molecule has 0 radical (unpaired) electrons. The summed E-state index contributed by atoms with van der Waals surface area (Å²) in [6.45, 7) is 6.25. The molecule has 6 nitrogen and oxygen atoms in total. The summed E-state index contributed by atoms with van der Waals surface area (Å²) in [6.07, 6.45) is 1.65. The normalized spacial score (nSPS) is 13.2. The molecule has 17 heavy (non-hydrogen) atoms. The van der Waals surface area contributed by atoms with Crippen LogP contribution in [-0.4, -0.2) is 19.9 Å². The molecule has 2 heterocycles. The summed E-state index contributed by atoms with van der Waals surface area (Å²) in [6, 6.07) is 0. The predicted octanol–water partition coefficient (Wildman–Crippen LogP) is 1.05. The van der Waals surface area contributed by atoms with Gasteiger partial charge in [0.2, 0.25) is 5.95 Å². The zero-order chi connectivity index (χ0) is 12.6. The molecule has 0 aliphatic carbocycles. The maximum Gasteiger partial charge on any atom is 0.280 e. The van der Waals surface area contributed by atoms with Crippen molar-refractivity contribution in [3.8, 4) is 0 Å². The Hall–Kier alpha value is -1.98. The van der Waals surface area contributed by atoms with Gasteiger partial charge in [-0.05, 0) is 5.92 Å². The third kappa shape index (κ3) is 2.11. The van der Waals surface area contributed by atoms with Gasteiger partial charge in [0, 0.05) is 5.92 Å². The molecule has 2 aromatic heterocycles. The number of fused-ring (bicyclic) bond motifs is 1. The van der Waals surface area contributed by atoms with E-state index in [1.54, 1.807) is 6.20 Å². The topological polar surface area (TPSA) is 97.5 Å². The molecule has 0 spiro atoms. The van der Waals surface area contributed by atoms with Crippen LogP contribution in [0.2, 0.25) is 0 Å². The second kappa shape index (κ2) is 4.12. The Kier molecular flexibility index (Phi) is 2.79. The van der Waals surface area contributed by atoms with Gasteiger partial charge in [-0.2, -0.15) is 4.98 Å². The molecule has 1 atom stereocenters.